The number of amides is 1. The lowest BCUT2D eigenvalue weighted by molar-refractivity contribution is -0.116. The van der Waals surface area contributed by atoms with Crippen molar-refractivity contribution >= 4 is 23.0 Å². The molecule has 0 saturated heterocycles. The predicted octanol–water partition coefficient (Wildman–Crippen LogP) is 6.79. The molecule has 2 aromatic carbocycles. The molecule has 4 heteroatoms. The minimum Gasteiger partial charge on any atom is -0.326 e. The molecular formula is C21H27N3O. The third-order valence-electron chi connectivity index (χ3n) is 3.95. The Kier molecular flexibility index (Phi) is 8.39. The van der Waals surface area contributed by atoms with E-state index >= 15 is 0 Å². The maximum Gasteiger partial charge on any atom is 0.224 e. The molecular weight excluding hydrogens is 310 g/mol. The fraction of sp³-hybridized carbons (Fsp3) is 0.381. The molecule has 0 spiro atoms. The molecule has 2 aromatic rings. The third kappa shape index (κ3) is 7.75. The topological polar surface area (TPSA) is 53.8 Å². The largest absolute Gasteiger partial charge is 0.326 e. The van der Waals surface area contributed by atoms with Crippen LogP contribution in [-0.2, 0) is 4.79 Å². The average Bonchev–Trinajstić information content (AvgIpc) is 2.65. The first-order valence-corrected chi connectivity index (χ1v) is 9.14. The Balaban J connectivity index is 1.72. The van der Waals surface area contributed by atoms with E-state index in [1.165, 1.54) is 25.7 Å². The van der Waals surface area contributed by atoms with Crippen molar-refractivity contribution in [2.75, 3.05) is 5.32 Å². The van der Waals surface area contributed by atoms with Crippen molar-refractivity contribution in [1.82, 2.24) is 0 Å². The van der Waals surface area contributed by atoms with Crippen LogP contribution in [0.4, 0.5) is 17.1 Å². The maximum absolute atomic E-state index is 11.9. The number of benzene rings is 2. The number of nitrogens with zero attached hydrogens (tertiary/aromatic N) is 2. The van der Waals surface area contributed by atoms with Crippen molar-refractivity contribution in [3.8, 4) is 0 Å². The zero-order chi connectivity index (χ0) is 17.7. The molecule has 0 unspecified atom stereocenters. The first-order valence-electron chi connectivity index (χ1n) is 9.14. The van der Waals surface area contributed by atoms with Gasteiger partial charge in [0, 0.05) is 12.1 Å². The molecule has 0 aliphatic heterocycles. The Morgan fingerprint density at radius 2 is 1.40 bits per heavy atom. The number of unbranched alkanes of at least 4 members (excludes halogenated alkanes) is 5. The van der Waals surface area contributed by atoms with Crippen LogP contribution in [0.2, 0.25) is 0 Å². The second kappa shape index (κ2) is 11.1. The highest BCUT2D eigenvalue weighted by atomic mass is 16.1. The average molecular weight is 337 g/mol. The Hall–Kier alpha value is -2.49. The zero-order valence-electron chi connectivity index (χ0n) is 14.9. The van der Waals surface area contributed by atoms with Gasteiger partial charge in [0.1, 0.15) is 0 Å². The van der Waals surface area contributed by atoms with E-state index in [1.807, 2.05) is 54.6 Å². The molecule has 0 heterocycles. The van der Waals surface area contributed by atoms with Gasteiger partial charge in [0.2, 0.25) is 5.91 Å². The lowest BCUT2D eigenvalue weighted by Crippen LogP contribution is -2.10. The molecule has 0 aliphatic carbocycles. The first-order chi connectivity index (χ1) is 12.3. The number of carbonyl (C=O) groups excluding carboxylic acids is 1. The van der Waals surface area contributed by atoms with E-state index in [1.54, 1.807) is 0 Å². The van der Waals surface area contributed by atoms with E-state index in [2.05, 4.69) is 22.5 Å². The lowest BCUT2D eigenvalue weighted by Gasteiger charge is -2.05. The highest BCUT2D eigenvalue weighted by Gasteiger charge is 2.02. The van der Waals surface area contributed by atoms with Gasteiger partial charge in [-0.2, -0.15) is 10.2 Å². The van der Waals surface area contributed by atoms with E-state index in [9.17, 15) is 4.79 Å². The molecule has 4 nitrogen and oxygen atoms in total. The molecule has 0 aromatic heterocycles. The number of hydrogen-bond acceptors (Lipinski definition) is 3. The highest BCUT2D eigenvalue weighted by molar-refractivity contribution is 5.90. The molecule has 0 aliphatic rings. The van der Waals surface area contributed by atoms with Gasteiger partial charge < -0.3 is 5.32 Å². The summed E-state index contributed by atoms with van der Waals surface area (Å²) in [6, 6.07) is 17.0. The molecule has 25 heavy (non-hydrogen) atoms. The molecule has 132 valence electrons. The zero-order valence-corrected chi connectivity index (χ0v) is 14.9. The number of anilines is 1. The van der Waals surface area contributed by atoms with Gasteiger partial charge in [-0.15, -0.1) is 0 Å². The van der Waals surface area contributed by atoms with Gasteiger partial charge in [0.25, 0.3) is 0 Å². The van der Waals surface area contributed by atoms with Crippen LogP contribution in [-0.4, -0.2) is 5.91 Å². The smallest absolute Gasteiger partial charge is 0.224 e. The van der Waals surface area contributed by atoms with E-state index in [0.29, 0.717) is 6.42 Å². The summed E-state index contributed by atoms with van der Waals surface area (Å²) in [7, 11) is 0. The first kappa shape index (κ1) is 18.8. The monoisotopic (exact) mass is 337 g/mol. The van der Waals surface area contributed by atoms with E-state index in [0.717, 1.165) is 29.9 Å². The Labute approximate surface area is 150 Å². The van der Waals surface area contributed by atoms with E-state index in [4.69, 9.17) is 0 Å². The van der Waals surface area contributed by atoms with Crippen LogP contribution in [0.5, 0.6) is 0 Å². The molecule has 0 atom stereocenters. The summed E-state index contributed by atoms with van der Waals surface area (Å²) in [5.74, 6) is 0.0779. The molecule has 0 fully saturated rings. The highest BCUT2D eigenvalue weighted by Crippen LogP contribution is 2.20. The van der Waals surface area contributed by atoms with Crippen LogP contribution in [0.3, 0.4) is 0 Å². The third-order valence-corrected chi connectivity index (χ3v) is 3.95. The Morgan fingerprint density at radius 1 is 0.800 bits per heavy atom. The molecule has 0 radical (unpaired) electrons. The lowest BCUT2D eigenvalue weighted by atomic mass is 10.1. The van der Waals surface area contributed by atoms with Crippen molar-refractivity contribution in [3.63, 3.8) is 0 Å². The fourth-order valence-electron chi connectivity index (χ4n) is 2.51. The SMILES string of the molecule is CCCCCCCCC(=O)Nc1ccc(N=Nc2ccccc2)cc1. The second-order valence-electron chi connectivity index (χ2n) is 6.15. The van der Waals surface area contributed by atoms with E-state index in [-0.39, 0.29) is 5.91 Å². The molecule has 1 amide bonds. The summed E-state index contributed by atoms with van der Waals surface area (Å²) in [6.45, 7) is 2.21. The van der Waals surface area contributed by atoms with Gasteiger partial charge in [-0.25, -0.2) is 0 Å². The molecule has 1 N–H and O–H groups in total. The molecule has 0 bridgehead atoms. The summed E-state index contributed by atoms with van der Waals surface area (Å²) in [5.41, 5.74) is 2.38. The number of carbonyl (C=O) groups is 1. The normalized spacial score (nSPS) is 10.9. The van der Waals surface area contributed by atoms with Crippen molar-refractivity contribution in [2.24, 2.45) is 10.2 Å². The van der Waals surface area contributed by atoms with Gasteiger partial charge in [-0.3, -0.25) is 4.79 Å². The van der Waals surface area contributed by atoms with Crippen LogP contribution >= 0.6 is 0 Å². The van der Waals surface area contributed by atoms with Crippen LogP contribution in [0, 0.1) is 0 Å². The summed E-state index contributed by atoms with van der Waals surface area (Å²) < 4.78 is 0. The van der Waals surface area contributed by atoms with Gasteiger partial charge in [0.15, 0.2) is 0 Å². The number of azo groups is 1. The number of hydrogen-bond donors (Lipinski definition) is 1. The van der Waals surface area contributed by atoms with Crippen LogP contribution in [0.15, 0.2) is 64.8 Å². The minimum absolute atomic E-state index is 0.0779. The summed E-state index contributed by atoms with van der Waals surface area (Å²) in [5, 5.41) is 11.3. The number of nitrogens with one attached hydrogen (secondary N) is 1. The van der Waals surface area contributed by atoms with Crippen LogP contribution < -0.4 is 5.32 Å². The van der Waals surface area contributed by atoms with Crippen molar-refractivity contribution in [2.45, 2.75) is 51.9 Å². The van der Waals surface area contributed by atoms with Crippen LogP contribution in [0.1, 0.15) is 51.9 Å². The standard InChI is InChI=1S/C21H27N3O/c1-2-3-4-5-6-10-13-21(25)22-18-14-16-20(17-15-18)24-23-19-11-8-7-9-12-19/h7-9,11-12,14-17H,2-6,10,13H2,1H3,(H,22,25). The molecule has 2 rings (SSSR count). The second-order valence-corrected chi connectivity index (χ2v) is 6.15. The van der Waals surface area contributed by atoms with Crippen molar-refractivity contribution in [3.05, 3.63) is 54.6 Å². The summed E-state index contributed by atoms with van der Waals surface area (Å²) in [4.78, 5) is 11.9. The van der Waals surface area contributed by atoms with E-state index < -0.39 is 0 Å². The Morgan fingerprint density at radius 3 is 2.08 bits per heavy atom. The molecule has 0 saturated carbocycles. The van der Waals surface area contributed by atoms with Gasteiger partial charge >= 0.3 is 0 Å². The van der Waals surface area contributed by atoms with Crippen LogP contribution in [0.25, 0.3) is 0 Å². The van der Waals surface area contributed by atoms with Crippen molar-refractivity contribution in [1.29, 1.82) is 0 Å². The van der Waals surface area contributed by atoms with Gasteiger partial charge in [-0.05, 0) is 42.8 Å². The summed E-state index contributed by atoms with van der Waals surface area (Å²) in [6.07, 6.45) is 7.72. The van der Waals surface area contributed by atoms with Gasteiger partial charge in [-0.1, -0.05) is 57.2 Å². The maximum atomic E-state index is 11.9. The van der Waals surface area contributed by atoms with Gasteiger partial charge in [0.05, 0.1) is 11.4 Å². The minimum atomic E-state index is 0.0779. The summed E-state index contributed by atoms with van der Waals surface area (Å²) >= 11 is 0. The fourth-order valence-corrected chi connectivity index (χ4v) is 2.51. The quantitative estimate of drug-likeness (QED) is 0.376. The predicted molar refractivity (Wildman–Crippen MR) is 104 cm³/mol. The van der Waals surface area contributed by atoms with Crippen molar-refractivity contribution < 1.29 is 4.79 Å². The number of rotatable bonds is 10. The Bertz CT molecular complexity index is 651.